The molecular formula is C13H17NO2. The molecule has 0 unspecified atom stereocenters. The maximum Gasteiger partial charge on any atom is 0.339 e. The quantitative estimate of drug-likeness (QED) is 0.734. The largest absolute Gasteiger partial charge is 0.462 e. The van der Waals surface area contributed by atoms with E-state index in [-0.39, 0.29) is 5.97 Å². The maximum atomic E-state index is 11.7. The van der Waals surface area contributed by atoms with Crippen molar-refractivity contribution in [3.05, 3.63) is 28.6 Å². The number of hydrogen-bond donors (Lipinski definition) is 0. The van der Waals surface area contributed by atoms with Crippen molar-refractivity contribution in [1.82, 2.24) is 4.98 Å². The van der Waals surface area contributed by atoms with Gasteiger partial charge < -0.3 is 4.74 Å². The Bertz CT molecular complexity index is 422. The average molecular weight is 219 g/mol. The van der Waals surface area contributed by atoms with Gasteiger partial charge in [-0.1, -0.05) is 0 Å². The lowest BCUT2D eigenvalue weighted by Crippen LogP contribution is -2.10. The molecule has 1 heterocycles. The summed E-state index contributed by atoms with van der Waals surface area (Å²) in [4.78, 5) is 16.2. The first-order valence-corrected chi connectivity index (χ1v) is 5.78. The second-order valence-electron chi connectivity index (χ2n) is 4.32. The summed E-state index contributed by atoms with van der Waals surface area (Å²) in [5.41, 5.74) is 3.65. The minimum Gasteiger partial charge on any atom is -0.462 e. The van der Waals surface area contributed by atoms with E-state index in [9.17, 15) is 4.79 Å². The van der Waals surface area contributed by atoms with Crippen LogP contribution in [0.4, 0.5) is 0 Å². The van der Waals surface area contributed by atoms with Gasteiger partial charge in [-0.3, -0.25) is 4.98 Å². The fourth-order valence-corrected chi connectivity index (χ4v) is 1.91. The van der Waals surface area contributed by atoms with Gasteiger partial charge in [0.1, 0.15) is 0 Å². The molecule has 1 aliphatic carbocycles. The Balaban J connectivity index is 2.33. The summed E-state index contributed by atoms with van der Waals surface area (Å²) in [6.07, 6.45) is 2.46. The first kappa shape index (κ1) is 11.1. The summed E-state index contributed by atoms with van der Waals surface area (Å²) in [5, 5.41) is 0. The minimum absolute atomic E-state index is 0.266. The number of hydrogen-bond acceptors (Lipinski definition) is 3. The van der Waals surface area contributed by atoms with Gasteiger partial charge in [-0.2, -0.15) is 0 Å². The summed E-state index contributed by atoms with van der Waals surface area (Å²) in [6, 6.07) is 1.91. The molecule has 3 nitrogen and oxygen atoms in total. The minimum atomic E-state index is -0.266. The zero-order valence-corrected chi connectivity index (χ0v) is 10.0. The third-order valence-electron chi connectivity index (χ3n) is 2.90. The van der Waals surface area contributed by atoms with Gasteiger partial charge in [-0.05, 0) is 45.2 Å². The number of aryl methyl sites for hydroxylation is 2. The standard InChI is InChI=1S/C13H17NO2/c1-4-16-13(15)11-7-8(2)12(10-5-6-10)14-9(11)3/h7,10H,4-6H2,1-3H3. The molecule has 86 valence electrons. The molecule has 1 saturated carbocycles. The monoisotopic (exact) mass is 219 g/mol. The summed E-state index contributed by atoms with van der Waals surface area (Å²) >= 11 is 0. The van der Waals surface area contributed by atoms with Crippen LogP contribution in [0.1, 0.15) is 53.0 Å². The van der Waals surface area contributed by atoms with Crippen LogP contribution in [0.25, 0.3) is 0 Å². The Morgan fingerprint density at radius 3 is 2.75 bits per heavy atom. The van der Waals surface area contributed by atoms with Crippen molar-refractivity contribution in [3.8, 4) is 0 Å². The van der Waals surface area contributed by atoms with Crippen molar-refractivity contribution in [3.63, 3.8) is 0 Å². The first-order valence-electron chi connectivity index (χ1n) is 5.78. The van der Waals surface area contributed by atoms with Gasteiger partial charge in [-0.15, -0.1) is 0 Å². The Kier molecular flexibility index (Phi) is 2.95. The molecule has 1 aliphatic rings. The van der Waals surface area contributed by atoms with Crippen molar-refractivity contribution in [2.45, 2.75) is 39.5 Å². The van der Waals surface area contributed by atoms with E-state index in [4.69, 9.17) is 4.74 Å². The average Bonchev–Trinajstić information content (AvgIpc) is 3.05. The molecule has 0 aromatic carbocycles. The van der Waals surface area contributed by atoms with Crippen LogP contribution >= 0.6 is 0 Å². The van der Waals surface area contributed by atoms with Gasteiger partial charge in [0, 0.05) is 11.6 Å². The van der Waals surface area contributed by atoms with Crippen LogP contribution in [-0.2, 0) is 4.74 Å². The van der Waals surface area contributed by atoms with Crippen molar-refractivity contribution >= 4 is 5.97 Å². The van der Waals surface area contributed by atoms with Crippen LogP contribution < -0.4 is 0 Å². The Morgan fingerprint density at radius 2 is 2.19 bits per heavy atom. The van der Waals surface area contributed by atoms with Crippen LogP contribution in [0, 0.1) is 13.8 Å². The highest BCUT2D eigenvalue weighted by Crippen LogP contribution is 2.40. The zero-order chi connectivity index (χ0) is 11.7. The number of esters is 1. The van der Waals surface area contributed by atoms with E-state index in [0.717, 1.165) is 17.0 Å². The second-order valence-corrected chi connectivity index (χ2v) is 4.32. The number of nitrogens with zero attached hydrogens (tertiary/aromatic N) is 1. The fourth-order valence-electron chi connectivity index (χ4n) is 1.91. The maximum absolute atomic E-state index is 11.7. The molecule has 1 fully saturated rings. The van der Waals surface area contributed by atoms with Gasteiger partial charge in [-0.25, -0.2) is 4.79 Å². The van der Waals surface area contributed by atoms with E-state index >= 15 is 0 Å². The van der Waals surface area contributed by atoms with E-state index < -0.39 is 0 Å². The molecule has 0 amide bonds. The number of carbonyl (C=O) groups is 1. The van der Waals surface area contributed by atoms with Crippen LogP contribution in [-0.4, -0.2) is 17.6 Å². The molecular weight excluding hydrogens is 202 g/mol. The molecule has 0 bridgehead atoms. The van der Waals surface area contributed by atoms with Gasteiger partial charge in [0.05, 0.1) is 17.9 Å². The number of rotatable bonds is 3. The predicted molar refractivity (Wildman–Crippen MR) is 61.6 cm³/mol. The molecule has 3 heteroatoms. The third-order valence-corrected chi connectivity index (χ3v) is 2.90. The Morgan fingerprint density at radius 1 is 1.50 bits per heavy atom. The molecule has 1 aromatic rings. The zero-order valence-electron chi connectivity index (χ0n) is 10.0. The SMILES string of the molecule is CCOC(=O)c1cc(C)c(C2CC2)nc1C. The summed E-state index contributed by atoms with van der Waals surface area (Å²) in [6.45, 7) is 6.11. The van der Waals surface area contributed by atoms with Gasteiger partial charge in [0.2, 0.25) is 0 Å². The molecule has 2 rings (SSSR count). The summed E-state index contributed by atoms with van der Waals surface area (Å²) < 4.78 is 5.00. The van der Waals surface area contributed by atoms with E-state index in [2.05, 4.69) is 4.98 Å². The summed E-state index contributed by atoms with van der Waals surface area (Å²) in [7, 11) is 0. The normalized spacial score (nSPS) is 14.9. The van der Waals surface area contributed by atoms with E-state index in [1.54, 1.807) is 0 Å². The molecule has 0 saturated heterocycles. The van der Waals surface area contributed by atoms with Crippen LogP contribution in [0.3, 0.4) is 0 Å². The van der Waals surface area contributed by atoms with Gasteiger partial charge >= 0.3 is 5.97 Å². The molecule has 1 aromatic heterocycles. The number of aromatic nitrogens is 1. The lowest BCUT2D eigenvalue weighted by Gasteiger charge is -2.09. The van der Waals surface area contributed by atoms with Crippen LogP contribution in [0.2, 0.25) is 0 Å². The topological polar surface area (TPSA) is 39.2 Å². The highest BCUT2D eigenvalue weighted by molar-refractivity contribution is 5.90. The highest BCUT2D eigenvalue weighted by Gasteiger charge is 2.27. The van der Waals surface area contributed by atoms with Crippen molar-refractivity contribution in [2.75, 3.05) is 6.61 Å². The smallest absolute Gasteiger partial charge is 0.339 e. The van der Waals surface area contributed by atoms with Crippen LogP contribution in [0.15, 0.2) is 6.07 Å². The molecule has 0 N–H and O–H groups in total. The van der Waals surface area contributed by atoms with E-state index in [1.807, 2.05) is 26.8 Å². The summed E-state index contributed by atoms with van der Waals surface area (Å²) in [5.74, 6) is 0.355. The lowest BCUT2D eigenvalue weighted by molar-refractivity contribution is 0.0525. The predicted octanol–water partition coefficient (Wildman–Crippen LogP) is 2.75. The van der Waals surface area contributed by atoms with Crippen LogP contribution in [0.5, 0.6) is 0 Å². The molecule has 0 aliphatic heterocycles. The Labute approximate surface area is 95.8 Å². The van der Waals surface area contributed by atoms with Crippen molar-refractivity contribution in [1.29, 1.82) is 0 Å². The highest BCUT2D eigenvalue weighted by atomic mass is 16.5. The van der Waals surface area contributed by atoms with E-state index in [1.165, 1.54) is 12.8 Å². The molecule has 16 heavy (non-hydrogen) atoms. The Hall–Kier alpha value is -1.38. The van der Waals surface area contributed by atoms with Crippen molar-refractivity contribution in [2.24, 2.45) is 0 Å². The third kappa shape index (κ3) is 2.08. The van der Waals surface area contributed by atoms with Gasteiger partial charge in [0.25, 0.3) is 0 Å². The van der Waals surface area contributed by atoms with Gasteiger partial charge in [0.15, 0.2) is 0 Å². The molecule has 0 spiro atoms. The number of pyridine rings is 1. The van der Waals surface area contributed by atoms with Crippen molar-refractivity contribution < 1.29 is 9.53 Å². The molecule has 0 radical (unpaired) electrons. The fraction of sp³-hybridized carbons (Fsp3) is 0.538. The lowest BCUT2D eigenvalue weighted by atomic mass is 10.1. The van der Waals surface area contributed by atoms with E-state index in [0.29, 0.717) is 18.1 Å². The number of carbonyl (C=O) groups excluding carboxylic acids is 1. The number of ether oxygens (including phenoxy) is 1. The first-order chi connectivity index (χ1) is 7.63. The molecule has 0 atom stereocenters. The second kappa shape index (κ2) is 4.24.